The van der Waals surface area contributed by atoms with Crippen LogP contribution in [-0.2, 0) is 13.0 Å². The first-order chi connectivity index (χ1) is 11.0. The molecule has 0 aliphatic carbocycles. The molecule has 3 rings (SSSR count). The summed E-state index contributed by atoms with van der Waals surface area (Å²) in [6.45, 7) is 4.83. The van der Waals surface area contributed by atoms with E-state index in [1.54, 1.807) is 6.07 Å². The number of amides is 1. The molecule has 1 aromatic carbocycles. The lowest BCUT2D eigenvalue weighted by atomic mass is 10.0. The Balaban J connectivity index is 1.72. The van der Waals surface area contributed by atoms with E-state index in [4.69, 9.17) is 4.74 Å². The van der Waals surface area contributed by atoms with Gasteiger partial charge < -0.3 is 15.0 Å². The van der Waals surface area contributed by atoms with E-state index in [9.17, 15) is 9.59 Å². The summed E-state index contributed by atoms with van der Waals surface area (Å²) in [6.07, 6.45) is 2.01. The zero-order chi connectivity index (χ0) is 16.4. The van der Waals surface area contributed by atoms with Gasteiger partial charge in [-0.15, -0.1) is 0 Å². The molecular weight excluding hydrogens is 292 g/mol. The van der Waals surface area contributed by atoms with Crippen molar-refractivity contribution in [3.63, 3.8) is 0 Å². The first kappa shape index (κ1) is 15.3. The average molecular weight is 312 g/mol. The maximum atomic E-state index is 12.2. The normalized spacial score (nSPS) is 13.1. The van der Waals surface area contributed by atoms with Crippen LogP contribution in [0.4, 0.5) is 0 Å². The summed E-state index contributed by atoms with van der Waals surface area (Å²) in [7, 11) is 0. The topological polar surface area (TPSA) is 71.2 Å². The summed E-state index contributed by atoms with van der Waals surface area (Å²) < 4.78 is 5.58. The molecule has 0 bridgehead atoms. The summed E-state index contributed by atoms with van der Waals surface area (Å²) in [5.41, 5.74) is 3.63. The molecule has 0 saturated heterocycles. The van der Waals surface area contributed by atoms with E-state index in [1.165, 1.54) is 5.56 Å². The first-order valence-electron chi connectivity index (χ1n) is 7.78. The van der Waals surface area contributed by atoms with Gasteiger partial charge in [-0.25, -0.2) is 0 Å². The summed E-state index contributed by atoms with van der Waals surface area (Å²) in [6, 6.07) is 7.57. The fourth-order valence-electron chi connectivity index (χ4n) is 2.70. The highest BCUT2D eigenvalue weighted by molar-refractivity contribution is 5.93. The lowest BCUT2D eigenvalue weighted by Gasteiger charge is -2.18. The summed E-state index contributed by atoms with van der Waals surface area (Å²) >= 11 is 0. The van der Waals surface area contributed by atoms with Crippen LogP contribution >= 0.6 is 0 Å². The van der Waals surface area contributed by atoms with Crippen molar-refractivity contribution < 1.29 is 9.53 Å². The van der Waals surface area contributed by atoms with E-state index < -0.39 is 0 Å². The molecule has 1 aliphatic rings. The van der Waals surface area contributed by atoms with Crippen LogP contribution in [0.15, 0.2) is 29.1 Å². The number of pyridine rings is 1. The standard InChI is InChI=1S/C18H20N2O3/c1-11-8-15(18(22)20-12(11)2)17(21)19-10-13-5-6-16-14(9-13)4-3-7-23-16/h5-6,8-9H,3-4,7,10H2,1-2H3,(H,19,21)(H,20,22). The second-order valence-corrected chi connectivity index (χ2v) is 5.90. The van der Waals surface area contributed by atoms with Gasteiger partial charge in [-0.2, -0.15) is 0 Å². The molecule has 1 amide bonds. The Labute approximate surface area is 134 Å². The maximum Gasteiger partial charge on any atom is 0.261 e. The number of aromatic amines is 1. The molecule has 2 heterocycles. The van der Waals surface area contributed by atoms with E-state index in [0.717, 1.165) is 42.0 Å². The van der Waals surface area contributed by atoms with Gasteiger partial charge in [0.2, 0.25) is 0 Å². The van der Waals surface area contributed by atoms with Gasteiger partial charge in [0.1, 0.15) is 11.3 Å². The van der Waals surface area contributed by atoms with Crippen molar-refractivity contribution in [2.75, 3.05) is 6.61 Å². The number of nitrogens with one attached hydrogen (secondary N) is 2. The second-order valence-electron chi connectivity index (χ2n) is 5.90. The number of fused-ring (bicyclic) bond motifs is 1. The van der Waals surface area contributed by atoms with E-state index in [-0.39, 0.29) is 17.0 Å². The number of H-pyrrole nitrogens is 1. The fourth-order valence-corrected chi connectivity index (χ4v) is 2.70. The van der Waals surface area contributed by atoms with Gasteiger partial charge in [-0.1, -0.05) is 12.1 Å². The quantitative estimate of drug-likeness (QED) is 0.913. The molecule has 5 heteroatoms. The van der Waals surface area contributed by atoms with Crippen LogP contribution < -0.4 is 15.6 Å². The number of rotatable bonds is 3. The highest BCUT2D eigenvalue weighted by Gasteiger charge is 2.13. The van der Waals surface area contributed by atoms with Crippen molar-refractivity contribution in [1.29, 1.82) is 0 Å². The zero-order valence-corrected chi connectivity index (χ0v) is 13.4. The molecule has 0 fully saturated rings. The van der Waals surface area contributed by atoms with Crippen molar-refractivity contribution in [2.45, 2.75) is 33.2 Å². The number of carbonyl (C=O) groups excluding carboxylic acids is 1. The van der Waals surface area contributed by atoms with Gasteiger partial charge in [-0.3, -0.25) is 9.59 Å². The van der Waals surface area contributed by atoms with Gasteiger partial charge in [0.15, 0.2) is 0 Å². The van der Waals surface area contributed by atoms with E-state index in [2.05, 4.69) is 16.4 Å². The van der Waals surface area contributed by atoms with Crippen molar-refractivity contribution in [3.8, 4) is 5.75 Å². The number of ether oxygens (including phenoxy) is 1. The lowest BCUT2D eigenvalue weighted by molar-refractivity contribution is 0.0949. The lowest BCUT2D eigenvalue weighted by Crippen LogP contribution is -2.29. The highest BCUT2D eigenvalue weighted by Crippen LogP contribution is 2.25. The van der Waals surface area contributed by atoms with Gasteiger partial charge in [-0.05, 0) is 55.5 Å². The Morgan fingerprint density at radius 1 is 1.30 bits per heavy atom. The summed E-state index contributed by atoms with van der Waals surface area (Å²) in [4.78, 5) is 26.8. The molecule has 0 unspecified atom stereocenters. The Morgan fingerprint density at radius 2 is 2.13 bits per heavy atom. The van der Waals surface area contributed by atoms with Gasteiger partial charge in [0.05, 0.1) is 6.61 Å². The molecule has 0 spiro atoms. The van der Waals surface area contributed by atoms with Crippen LogP contribution in [0.25, 0.3) is 0 Å². The van der Waals surface area contributed by atoms with E-state index in [0.29, 0.717) is 6.54 Å². The Morgan fingerprint density at radius 3 is 2.96 bits per heavy atom. The average Bonchev–Trinajstić information content (AvgIpc) is 2.55. The van der Waals surface area contributed by atoms with Crippen LogP contribution in [0.1, 0.15) is 39.2 Å². The predicted molar refractivity (Wildman–Crippen MR) is 88.0 cm³/mol. The number of aromatic nitrogens is 1. The van der Waals surface area contributed by atoms with Gasteiger partial charge in [0, 0.05) is 12.2 Å². The molecular formula is C18H20N2O3. The monoisotopic (exact) mass is 312 g/mol. The van der Waals surface area contributed by atoms with Crippen LogP contribution in [0.2, 0.25) is 0 Å². The Hall–Kier alpha value is -2.56. The number of hydrogen-bond donors (Lipinski definition) is 2. The molecule has 5 nitrogen and oxygen atoms in total. The molecule has 23 heavy (non-hydrogen) atoms. The van der Waals surface area contributed by atoms with Crippen LogP contribution in [0.5, 0.6) is 5.75 Å². The third-order valence-electron chi connectivity index (χ3n) is 4.17. The van der Waals surface area contributed by atoms with Gasteiger partial charge >= 0.3 is 0 Å². The first-order valence-corrected chi connectivity index (χ1v) is 7.78. The Kier molecular flexibility index (Phi) is 4.19. The molecule has 120 valence electrons. The van der Waals surface area contributed by atoms with Crippen molar-refractivity contribution in [3.05, 3.63) is 62.6 Å². The van der Waals surface area contributed by atoms with E-state index >= 15 is 0 Å². The van der Waals surface area contributed by atoms with Gasteiger partial charge in [0.25, 0.3) is 11.5 Å². The number of aryl methyl sites for hydroxylation is 3. The van der Waals surface area contributed by atoms with Crippen molar-refractivity contribution in [2.24, 2.45) is 0 Å². The maximum absolute atomic E-state index is 12.2. The largest absolute Gasteiger partial charge is 0.493 e. The fraction of sp³-hybridized carbons (Fsp3) is 0.333. The summed E-state index contributed by atoms with van der Waals surface area (Å²) in [5.74, 6) is 0.570. The molecule has 0 atom stereocenters. The molecule has 0 saturated carbocycles. The minimum absolute atomic E-state index is 0.148. The zero-order valence-electron chi connectivity index (χ0n) is 13.4. The SMILES string of the molecule is Cc1cc(C(=O)NCc2ccc3c(c2)CCCO3)c(=O)[nH]c1C. The molecule has 0 radical (unpaired) electrons. The predicted octanol–water partition coefficient (Wildman–Crippen LogP) is 2.25. The third-order valence-corrected chi connectivity index (χ3v) is 4.17. The van der Waals surface area contributed by atoms with Crippen LogP contribution in [0, 0.1) is 13.8 Å². The molecule has 2 aromatic rings. The molecule has 2 N–H and O–H groups in total. The molecule has 1 aliphatic heterocycles. The smallest absolute Gasteiger partial charge is 0.261 e. The van der Waals surface area contributed by atoms with Crippen molar-refractivity contribution >= 4 is 5.91 Å². The third kappa shape index (κ3) is 3.28. The van der Waals surface area contributed by atoms with Crippen molar-refractivity contribution in [1.82, 2.24) is 10.3 Å². The molecule has 1 aromatic heterocycles. The van der Waals surface area contributed by atoms with Crippen LogP contribution in [0.3, 0.4) is 0 Å². The minimum Gasteiger partial charge on any atom is -0.493 e. The van der Waals surface area contributed by atoms with Crippen LogP contribution in [-0.4, -0.2) is 17.5 Å². The van der Waals surface area contributed by atoms with E-state index in [1.807, 2.05) is 26.0 Å². The Bertz CT molecular complexity index is 808. The number of carbonyl (C=O) groups is 1. The minimum atomic E-state index is -0.358. The number of hydrogen-bond acceptors (Lipinski definition) is 3. The second kappa shape index (κ2) is 6.28. The summed E-state index contributed by atoms with van der Waals surface area (Å²) in [5, 5.41) is 2.81. The highest BCUT2D eigenvalue weighted by atomic mass is 16.5. The number of benzene rings is 1.